The van der Waals surface area contributed by atoms with Crippen molar-refractivity contribution < 1.29 is 13.2 Å². The Balaban J connectivity index is 1.72. The average molecular weight is 388 g/mol. The molecule has 1 N–H and O–H groups in total. The summed E-state index contributed by atoms with van der Waals surface area (Å²) < 4.78 is 23.4. The van der Waals surface area contributed by atoms with Crippen molar-refractivity contribution in [3.63, 3.8) is 0 Å². The van der Waals surface area contributed by atoms with Gasteiger partial charge in [0.25, 0.3) is 5.91 Å². The van der Waals surface area contributed by atoms with Crippen molar-refractivity contribution in [1.29, 1.82) is 0 Å². The molecule has 1 amide bonds. The Kier molecular flexibility index (Phi) is 5.36. The molecular weight excluding hydrogens is 364 g/mol. The van der Waals surface area contributed by atoms with Crippen LogP contribution in [0.5, 0.6) is 0 Å². The SMILES string of the molecule is CN(C)c1ccc(NC(=O)c2ccnc(N(C)C3CCS(=O)(=O)C3)c2)cc1. The smallest absolute Gasteiger partial charge is 0.255 e. The minimum absolute atomic E-state index is 0.112. The molecule has 0 saturated carbocycles. The average Bonchev–Trinajstić information content (AvgIpc) is 3.01. The largest absolute Gasteiger partial charge is 0.378 e. The molecule has 1 aliphatic rings. The first-order valence-electron chi connectivity index (χ1n) is 8.73. The lowest BCUT2D eigenvalue weighted by atomic mass is 10.2. The molecule has 3 rings (SSSR count). The lowest BCUT2D eigenvalue weighted by molar-refractivity contribution is 0.102. The molecule has 8 heteroatoms. The predicted octanol–water partition coefficient (Wildman–Crippen LogP) is 2.02. The minimum Gasteiger partial charge on any atom is -0.378 e. The van der Waals surface area contributed by atoms with Crippen molar-refractivity contribution in [3.05, 3.63) is 48.2 Å². The molecule has 0 spiro atoms. The standard InChI is InChI=1S/C19H24N4O3S/c1-22(2)16-6-4-15(5-7-16)21-19(24)14-8-10-20-18(12-14)23(3)17-9-11-27(25,26)13-17/h4-8,10,12,17H,9,11,13H2,1-3H3,(H,21,24). The number of anilines is 3. The zero-order valence-corrected chi connectivity index (χ0v) is 16.5. The third-order valence-corrected chi connectivity index (χ3v) is 6.52. The number of hydrogen-bond donors (Lipinski definition) is 1. The first-order valence-corrected chi connectivity index (χ1v) is 10.6. The Morgan fingerprint density at radius 1 is 1.15 bits per heavy atom. The van der Waals surface area contributed by atoms with E-state index in [0.717, 1.165) is 5.69 Å². The molecule has 1 aliphatic heterocycles. The van der Waals surface area contributed by atoms with Gasteiger partial charge in [0.2, 0.25) is 0 Å². The van der Waals surface area contributed by atoms with Gasteiger partial charge in [-0.3, -0.25) is 4.79 Å². The van der Waals surface area contributed by atoms with Crippen molar-refractivity contribution in [2.45, 2.75) is 12.5 Å². The van der Waals surface area contributed by atoms with Gasteiger partial charge < -0.3 is 15.1 Å². The maximum atomic E-state index is 12.6. The molecule has 1 aromatic carbocycles. The van der Waals surface area contributed by atoms with Gasteiger partial charge in [-0.15, -0.1) is 0 Å². The van der Waals surface area contributed by atoms with Crippen molar-refractivity contribution in [1.82, 2.24) is 4.98 Å². The quantitative estimate of drug-likeness (QED) is 0.844. The molecule has 0 bridgehead atoms. The molecule has 0 aliphatic carbocycles. The van der Waals surface area contributed by atoms with Crippen LogP contribution >= 0.6 is 0 Å². The van der Waals surface area contributed by atoms with Gasteiger partial charge in [-0.25, -0.2) is 13.4 Å². The van der Waals surface area contributed by atoms with E-state index in [0.29, 0.717) is 23.5 Å². The zero-order chi connectivity index (χ0) is 19.6. The van der Waals surface area contributed by atoms with Crippen LogP contribution in [0.3, 0.4) is 0 Å². The van der Waals surface area contributed by atoms with E-state index in [1.54, 1.807) is 18.3 Å². The van der Waals surface area contributed by atoms with Gasteiger partial charge in [-0.05, 0) is 42.8 Å². The summed E-state index contributed by atoms with van der Waals surface area (Å²) in [6.07, 6.45) is 2.15. The Morgan fingerprint density at radius 2 is 1.85 bits per heavy atom. The second kappa shape index (κ2) is 7.56. The van der Waals surface area contributed by atoms with Crippen LogP contribution in [-0.4, -0.2) is 58.0 Å². The van der Waals surface area contributed by atoms with Crippen LogP contribution in [0.4, 0.5) is 17.2 Å². The molecule has 1 aromatic heterocycles. The van der Waals surface area contributed by atoms with Gasteiger partial charge in [0.1, 0.15) is 5.82 Å². The van der Waals surface area contributed by atoms with E-state index in [2.05, 4.69) is 10.3 Å². The summed E-state index contributed by atoms with van der Waals surface area (Å²) in [7, 11) is 2.75. The number of amides is 1. The first-order chi connectivity index (χ1) is 12.7. The molecule has 1 saturated heterocycles. The number of nitrogens with zero attached hydrogens (tertiary/aromatic N) is 3. The number of carbonyl (C=O) groups excluding carboxylic acids is 1. The molecule has 1 fully saturated rings. The molecule has 2 aromatic rings. The summed E-state index contributed by atoms with van der Waals surface area (Å²) in [5.41, 5.74) is 2.23. The van der Waals surface area contributed by atoms with Gasteiger partial charge in [-0.1, -0.05) is 0 Å². The van der Waals surface area contributed by atoms with Crippen LogP contribution in [0.1, 0.15) is 16.8 Å². The van der Waals surface area contributed by atoms with Crippen LogP contribution < -0.4 is 15.1 Å². The van der Waals surface area contributed by atoms with E-state index in [1.807, 2.05) is 55.2 Å². The van der Waals surface area contributed by atoms with Crippen LogP contribution in [-0.2, 0) is 9.84 Å². The molecule has 1 unspecified atom stereocenters. The third kappa shape index (κ3) is 4.57. The Hall–Kier alpha value is -2.61. The van der Waals surface area contributed by atoms with Crippen LogP contribution in [0.2, 0.25) is 0 Å². The number of nitrogens with one attached hydrogen (secondary N) is 1. The summed E-state index contributed by atoms with van der Waals surface area (Å²) in [4.78, 5) is 20.7. The second-order valence-electron chi connectivity index (χ2n) is 6.97. The monoisotopic (exact) mass is 388 g/mol. The van der Waals surface area contributed by atoms with E-state index in [4.69, 9.17) is 0 Å². The number of aromatic nitrogens is 1. The van der Waals surface area contributed by atoms with E-state index in [1.165, 1.54) is 0 Å². The number of pyridine rings is 1. The number of benzene rings is 1. The van der Waals surface area contributed by atoms with E-state index < -0.39 is 9.84 Å². The summed E-state index contributed by atoms with van der Waals surface area (Å²) in [5.74, 6) is 0.682. The number of carbonyl (C=O) groups is 1. The Morgan fingerprint density at radius 3 is 2.44 bits per heavy atom. The predicted molar refractivity (Wildman–Crippen MR) is 108 cm³/mol. The van der Waals surface area contributed by atoms with E-state index in [9.17, 15) is 13.2 Å². The van der Waals surface area contributed by atoms with Crippen molar-refractivity contribution in [2.75, 3.05) is 47.8 Å². The highest BCUT2D eigenvalue weighted by Gasteiger charge is 2.31. The van der Waals surface area contributed by atoms with Gasteiger partial charge >= 0.3 is 0 Å². The fourth-order valence-corrected chi connectivity index (χ4v) is 4.84. The van der Waals surface area contributed by atoms with E-state index in [-0.39, 0.29) is 23.5 Å². The number of hydrogen-bond acceptors (Lipinski definition) is 6. The van der Waals surface area contributed by atoms with E-state index >= 15 is 0 Å². The molecular formula is C19H24N4O3S. The maximum absolute atomic E-state index is 12.6. The number of sulfone groups is 1. The van der Waals surface area contributed by atoms with Crippen molar-refractivity contribution >= 4 is 32.9 Å². The lowest BCUT2D eigenvalue weighted by Gasteiger charge is -2.24. The minimum atomic E-state index is -2.98. The highest BCUT2D eigenvalue weighted by Crippen LogP contribution is 2.22. The summed E-state index contributed by atoms with van der Waals surface area (Å²) in [6, 6.07) is 10.8. The highest BCUT2D eigenvalue weighted by molar-refractivity contribution is 7.91. The molecule has 144 valence electrons. The fourth-order valence-electron chi connectivity index (χ4n) is 3.07. The highest BCUT2D eigenvalue weighted by atomic mass is 32.2. The summed E-state index contributed by atoms with van der Waals surface area (Å²) >= 11 is 0. The van der Waals surface area contributed by atoms with Crippen LogP contribution in [0, 0.1) is 0 Å². The second-order valence-corrected chi connectivity index (χ2v) is 9.19. The third-order valence-electron chi connectivity index (χ3n) is 4.77. The maximum Gasteiger partial charge on any atom is 0.255 e. The fraction of sp³-hybridized carbons (Fsp3) is 0.368. The van der Waals surface area contributed by atoms with Gasteiger partial charge in [0, 0.05) is 50.3 Å². The van der Waals surface area contributed by atoms with Crippen molar-refractivity contribution in [3.8, 4) is 0 Å². The zero-order valence-electron chi connectivity index (χ0n) is 15.7. The Labute approximate surface area is 159 Å². The first kappa shape index (κ1) is 19.2. The topological polar surface area (TPSA) is 82.6 Å². The van der Waals surface area contributed by atoms with Crippen LogP contribution in [0.25, 0.3) is 0 Å². The summed E-state index contributed by atoms with van der Waals surface area (Å²) in [5, 5.41) is 2.87. The molecule has 1 atom stereocenters. The molecule has 7 nitrogen and oxygen atoms in total. The van der Waals surface area contributed by atoms with Gasteiger partial charge in [-0.2, -0.15) is 0 Å². The van der Waals surface area contributed by atoms with Gasteiger partial charge in [0.15, 0.2) is 9.84 Å². The molecule has 27 heavy (non-hydrogen) atoms. The normalized spacial score (nSPS) is 18.1. The lowest BCUT2D eigenvalue weighted by Crippen LogP contribution is -2.33. The Bertz CT molecular complexity index is 926. The molecule has 0 radical (unpaired) electrons. The van der Waals surface area contributed by atoms with Crippen LogP contribution in [0.15, 0.2) is 42.6 Å². The van der Waals surface area contributed by atoms with Gasteiger partial charge in [0.05, 0.1) is 11.5 Å². The summed E-state index contributed by atoms with van der Waals surface area (Å²) in [6.45, 7) is 0. The van der Waals surface area contributed by atoms with Crippen molar-refractivity contribution in [2.24, 2.45) is 0 Å². The number of rotatable bonds is 5. The molecule has 2 heterocycles.